The molecule has 0 heterocycles. The van der Waals surface area contributed by atoms with E-state index < -0.39 is 0 Å². The van der Waals surface area contributed by atoms with E-state index in [2.05, 4.69) is 289 Å². The van der Waals surface area contributed by atoms with Crippen LogP contribution in [0.3, 0.4) is 0 Å². The van der Waals surface area contributed by atoms with Gasteiger partial charge in [0.2, 0.25) is 0 Å². The molecule has 13 rings (SSSR count). The van der Waals surface area contributed by atoms with E-state index in [9.17, 15) is 0 Å². The summed E-state index contributed by atoms with van der Waals surface area (Å²) < 4.78 is 24.9. The number of rotatable bonds is 18. The molecule has 0 unspecified atom stereocenters. The molecule has 0 saturated heterocycles. The standard InChI is InChI=1S/C82H64N2O4/c1-85-79-55-77(81(87-3)53-65(79)51-75(57-23-11-5-12-24-57)59-37-43-71(44-38-59)83(67-27-15-7-16-28-67)68-29-17-8-18-30-68)63-41-47-73-61(49-63)35-36-62-50-64(42-48-74(62)73)78-56-80(86-2)66(54-82(78)88-4)52-76(58-25-13-6-14-26-58)60-39-45-72(46-40-60)84(69-31-19-9-20-32-69)70-33-21-10-22-34-70/h5-56H,1-4H3/b75-51+,76-52+. The predicted octanol–water partition coefficient (Wildman–Crippen LogP) is 21.5. The van der Waals surface area contributed by atoms with E-state index in [1.165, 1.54) is 0 Å². The van der Waals surface area contributed by atoms with Gasteiger partial charge in [-0.3, -0.25) is 0 Å². The average molecular weight is 1140 g/mol. The van der Waals surface area contributed by atoms with E-state index >= 15 is 0 Å². The lowest BCUT2D eigenvalue weighted by Gasteiger charge is -2.25. The molecule has 0 amide bonds. The van der Waals surface area contributed by atoms with Gasteiger partial charge in [0.05, 0.1) is 28.4 Å². The molecule has 6 nitrogen and oxygen atoms in total. The molecule has 0 aliphatic heterocycles. The van der Waals surface area contributed by atoms with Crippen LogP contribution in [0, 0.1) is 0 Å². The Morgan fingerprint density at radius 2 is 0.545 bits per heavy atom. The van der Waals surface area contributed by atoms with Crippen LogP contribution in [0.4, 0.5) is 34.1 Å². The topological polar surface area (TPSA) is 43.4 Å². The smallest absolute Gasteiger partial charge is 0.127 e. The first-order valence-electron chi connectivity index (χ1n) is 29.5. The number of anilines is 6. The molecule has 0 aromatic heterocycles. The Hall–Kier alpha value is -11.3. The summed E-state index contributed by atoms with van der Waals surface area (Å²) in [5, 5.41) is 4.51. The van der Waals surface area contributed by atoms with Gasteiger partial charge in [-0.15, -0.1) is 0 Å². The highest BCUT2D eigenvalue weighted by molar-refractivity contribution is 6.10. The fourth-order valence-corrected chi connectivity index (χ4v) is 11.9. The molecule has 0 spiro atoms. The lowest BCUT2D eigenvalue weighted by atomic mass is 9.92. The second-order valence-corrected chi connectivity index (χ2v) is 21.5. The minimum Gasteiger partial charge on any atom is -0.496 e. The highest BCUT2D eigenvalue weighted by Gasteiger charge is 2.20. The number of fused-ring (bicyclic) bond motifs is 3. The predicted molar refractivity (Wildman–Crippen MR) is 368 cm³/mol. The highest BCUT2D eigenvalue weighted by atomic mass is 16.5. The van der Waals surface area contributed by atoms with Crippen LogP contribution in [0.2, 0.25) is 0 Å². The van der Waals surface area contributed by atoms with Crippen molar-refractivity contribution in [2.24, 2.45) is 0 Å². The number of benzene rings is 13. The molecule has 6 heteroatoms. The molecule has 0 aliphatic carbocycles. The maximum Gasteiger partial charge on any atom is 0.127 e. The van der Waals surface area contributed by atoms with Crippen LogP contribution in [0.25, 0.3) is 67.1 Å². The normalized spacial score (nSPS) is 11.5. The van der Waals surface area contributed by atoms with E-state index in [1.807, 2.05) is 36.4 Å². The average Bonchev–Trinajstić information content (AvgIpc) is 1.21. The maximum atomic E-state index is 6.22. The molecule has 0 radical (unpaired) electrons. The maximum absolute atomic E-state index is 6.22. The highest BCUT2D eigenvalue weighted by Crippen LogP contribution is 2.45. The van der Waals surface area contributed by atoms with Crippen molar-refractivity contribution in [2.45, 2.75) is 0 Å². The molecule has 0 bridgehead atoms. The molecule has 88 heavy (non-hydrogen) atoms. The van der Waals surface area contributed by atoms with Crippen LogP contribution < -0.4 is 28.7 Å². The van der Waals surface area contributed by atoms with Crippen molar-refractivity contribution >= 4 is 79.0 Å². The summed E-state index contributed by atoms with van der Waals surface area (Å²) in [6.07, 6.45) is 4.41. The first-order chi connectivity index (χ1) is 43.4. The van der Waals surface area contributed by atoms with Crippen LogP contribution in [0.15, 0.2) is 303 Å². The van der Waals surface area contributed by atoms with Gasteiger partial charge in [0, 0.05) is 56.4 Å². The largest absolute Gasteiger partial charge is 0.496 e. The fourth-order valence-electron chi connectivity index (χ4n) is 11.9. The number of ether oxygens (including phenoxy) is 4. The van der Waals surface area contributed by atoms with Gasteiger partial charge in [0.15, 0.2) is 0 Å². The number of para-hydroxylation sites is 4. The van der Waals surface area contributed by atoms with Gasteiger partial charge in [-0.2, -0.15) is 0 Å². The third-order valence-electron chi connectivity index (χ3n) is 16.3. The van der Waals surface area contributed by atoms with Gasteiger partial charge < -0.3 is 28.7 Å². The summed E-state index contributed by atoms with van der Waals surface area (Å²) >= 11 is 0. The van der Waals surface area contributed by atoms with Crippen LogP contribution >= 0.6 is 0 Å². The van der Waals surface area contributed by atoms with E-state index in [0.29, 0.717) is 0 Å². The molecule has 0 fully saturated rings. The fraction of sp³-hybridized carbons (Fsp3) is 0.0488. The van der Waals surface area contributed by atoms with Crippen molar-refractivity contribution in [3.63, 3.8) is 0 Å². The number of hydrogen-bond acceptors (Lipinski definition) is 6. The van der Waals surface area contributed by atoms with Gasteiger partial charge in [0.1, 0.15) is 23.0 Å². The van der Waals surface area contributed by atoms with Crippen LogP contribution in [-0.4, -0.2) is 28.4 Å². The monoisotopic (exact) mass is 1140 g/mol. The second kappa shape index (κ2) is 25.5. The molecule has 0 saturated carbocycles. The van der Waals surface area contributed by atoms with Crippen LogP contribution in [0.1, 0.15) is 33.4 Å². The molecule has 426 valence electrons. The summed E-state index contributed by atoms with van der Waals surface area (Å²) in [6.45, 7) is 0. The van der Waals surface area contributed by atoms with Crippen molar-refractivity contribution in [2.75, 3.05) is 38.2 Å². The summed E-state index contributed by atoms with van der Waals surface area (Å²) in [5.41, 5.74) is 18.6. The van der Waals surface area contributed by atoms with E-state index in [4.69, 9.17) is 18.9 Å². The molecule has 0 aliphatic rings. The summed E-state index contributed by atoms with van der Waals surface area (Å²) in [7, 11) is 6.93. The lowest BCUT2D eigenvalue weighted by Crippen LogP contribution is -2.09. The Morgan fingerprint density at radius 3 is 0.852 bits per heavy atom. The van der Waals surface area contributed by atoms with Crippen molar-refractivity contribution in [3.8, 4) is 45.3 Å². The minimum atomic E-state index is 0.736. The van der Waals surface area contributed by atoms with Crippen LogP contribution in [-0.2, 0) is 0 Å². The van der Waals surface area contributed by atoms with Gasteiger partial charge >= 0.3 is 0 Å². The number of hydrogen-bond donors (Lipinski definition) is 0. The Labute approximate surface area is 515 Å². The van der Waals surface area contributed by atoms with Crippen molar-refractivity contribution in [1.82, 2.24) is 0 Å². The summed E-state index contributed by atoms with van der Waals surface area (Å²) in [6, 6.07) is 106. The molecule has 13 aromatic carbocycles. The van der Waals surface area contributed by atoms with Gasteiger partial charge in [-0.25, -0.2) is 0 Å². The Bertz CT molecular complexity index is 4240. The van der Waals surface area contributed by atoms with Gasteiger partial charge in [-0.05, 0) is 187 Å². The first kappa shape index (κ1) is 55.8. The Balaban J connectivity index is 0.808. The second-order valence-electron chi connectivity index (χ2n) is 21.5. The minimum absolute atomic E-state index is 0.736. The SMILES string of the molecule is COc1cc(-c2ccc3c(ccc4cc(-c5cc(OC)c(/C=C(\c6ccccc6)c6ccc(N(c7ccccc7)c7ccccc7)cc6)cc5OC)ccc43)c2)c(OC)cc1/C=C(\c1ccccc1)c1ccc(N(c2ccccc2)c2ccccc2)cc1. The van der Waals surface area contributed by atoms with Crippen LogP contribution in [0.5, 0.6) is 23.0 Å². The third kappa shape index (κ3) is 11.5. The lowest BCUT2D eigenvalue weighted by molar-refractivity contribution is 0.403. The zero-order valence-electron chi connectivity index (χ0n) is 49.5. The van der Waals surface area contributed by atoms with E-state index in [1.54, 1.807) is 28.4 Å². The zero-order valence-corrected chi connectivity index (χ0v) is 49.5. The van der Waals surface area contributed by atoms with Crippen molar-refractivity contribution in [3.05, 3.63) is 337 Å². The Kier molecular flexibility index (Phi) is 16.2. The van der Waals surface area contributed by atoms with Gasteiger partial charge in [0.25, 0.3) is 0 Å². The quantitative estimate of drug-likeness (QED) is 0.0630. The van der Waals surface area contributed by atoms with E-state index in [-0.39, 0.29) is 0 Å². The molecular weight excluding hydrogens is 1080 g/mol. The van der Waals surface area contributed by atoms with Crippen molar-refractivity contribution < 1.29 is 18.9 Å². The molecular formula is C82H64N2O4. The summed E-state index contributed by atoms with van der Waals surface area (Å²) in [4.78, 5) is 4.55. The third-order valence-corrected chi connectivity index (χ3v) is 16.3. The first-order valence-corrected chi connectivity index (χ1v) is 29.5. The number of nitrogens with zero attached hydrogens (tertiary/aromatic N) is 2. The zero-order chi connectivity index (χ0) is 59.8. The van der Waals surface area contributed by atoms with Gasteiger partial charge in [-0.1, -0.05) is 194 Å². The van der Waals surface area contributed by atoms with E-state index in [0.717, 1.165) is 145 Å². The van der Waals surface area contributed by atoms with Crippen molar-refractivity contribution in [1.29, 1.82) is 0 Å². The summed E-state index contributed by atoms with van der Waals surface area (Å²) in [5.74, 6) is 2.96. The molecule has 0 atom stereocenters. The number of methoxy groups -OCH3 is 4. The molecule has 0 N–H and O–H groups in total. The Morgan fingerprint density at radius 1 is 0.261 bits per heavy atom. The molecule has 13 aromatic rings.